The van der Waals surface area contributed by atoms with Crippen LogP contribution in [-0.2, 0) is 13.8 Å². The van der Waals surface area contributed by atoms with Crippen LogP contribution in [0.25, 0.3) is 0 Å². The Bertz CT molecular complexity index is 562. The van der Waals surface area contributed by atoms with Gasteiger partial charge in [-0.2, -0.15) is 0 Å². The van der Waals surface area contributed by atoms with Gasteiger partial charge in [0.25, 0.3) is 9.05 Å². The second kappa shape index (κ2) is 6.72. The summed E-state index contributed by atoms with van der Waals surface area (Å²) in [5.41, 5.74) is 0. The number of nitrogens with one attached hydrogen (secondary N) is 1. The van der Waals surface area contributed by atoms with Crippen molar-refractivity contribution in [3.63, 3.8) is 0 Å². The predicted molar refractivity (Wildman–Crippen MR) is 68.2 cm³/mol. The smallest absolute Gasteiger partial charge is 0.261 e. The molecule has 1 amide bonds. The van der Waals surface area contributed by atoms with Gasteiger partial charge in [0.2, 0.25) is 5.91 Å². The number of halogens is 2. The highest BCUT2D eigenvalue weighted by Gasteiger charge is 2.14. The summed E-state index contributed by atoms with van der Waals surface area (Å²) < 4.78 is 40.5. The molecule has 106 valence electrons. The average molecular weight is 310 g/mol. The first-order chi connectivity index (χ1) is 8.84. The quantitative estimate of drug-likeness (QED) is 0.811. The van der Waals surface area contributed by atoms with Crippen LogP contribution in [0.5, 0.6) is 5.75 Å². The zero-order chi connectivity index (χ0) is 14.5. The van der Waals surface area contributed by atoms with Gasteiger partial charge in [0, 0.05) is 17.2 Å². The fraction of sp³-hybridized carbons (Fsp3) is 0.364. The molecule has 5 nitrogen and oxygen atoms in total. The van der Waals surface area contributed by atoms with Gasteiger partial charge in [-0.3, -0.25) is 4.79 Å². The molecule has 0 atom stereocenters. The van der Waals surface area contributed by atoms with Crippen LogP contribution in [0, 0.1) is 5.82 Å². The molecule has 1 aromatic rings. The van der Waals surface area contributed by atoms with E-state index in [0.717, 1.165) is 18.2 Å². The summed E-state index contributed by atoms with van der Waals surface area (Å²) in [5.74, 6) is -1.19. The van der Waals surface area contributed by atoms with Crippen molar-refractivity contribution in [3.05, 3.63) is 24.0 Å². The zero-order valence-electron chi connectivity index (χ0n) is 10.2. The van der Waals surface area contributed by atoms with Gasteiger partial charge < -0.3 is 10.1 Å². The fourth-order valence-electron chi connectivity index (χ4n) is 1.29. The molecule has 0 aliphatic carbocycles. The fourth-order valence-corrected chi connectivity index (χ4v) is 2.05. The normalized spacial score (nSPS) is 11.1. The second-order valence-electron chi connectivity index (χ2n) is 3.58. The van der Waals surface area contributed by atoms with Crippen molar-refractivity contribution in [2.24, 2.45) is 0 Å². The lowest BCUT2D eigenvalue weighted by molar-refractivity contribution is -0.121. The number of ether oxygens (including phenoxy) is 1. The van der Waals surface area contributed by atoms with Crippen LogP contribution < -0.4 is 10.1 Å². The Balaban J connectivity index is 2.64. The van der Waals surface area contributed by atoms with E-state index < -0.39 is 14.9 Å². The molecule has 0 saturated carbocycles. The van der Waals surface area contributed by atoms with E-state index in [4.69, 9.17) is 15.4 Å². The number of benzene rings is 1. The molecule has 0 radical (unpaired) electrons. The van der Waals surface area contributed by atoms with E-state index in [1.165, 1.54) is 0 Å². The summed E-state index contributed by atoms with van der Waals surface area (Å²) >= 11 is 0. The molecular formula is C11H13ClFNO4S. The molecule has 0 unspecified atom stereocenters. The van der Waals surface area contributed by atoms with Gasteiger partial charge in [0.05, 0.1) is 17.9 Å². The number of carbonyl (C=O) groups excluding carboxylic acids is 1. The third-order valence-electron chi connectivity index (χ3n) is 2.15. The summed E-state index contributed by atoms with van der Waals surface area (Å²) in [4.78, 5) is 10.8. The summed E-state index contributed by atoms with van der Waals surface area (Å²) in [6.45, 7) is 2.29. The third-order valence-corrected chi connectivity index (χ3v) is 3.50. The van der Waals surface area contributed by atoms with Gasteiger partial charge in [-0.05, 0) is 25.1 Å². The summed E-state index contributed by atoms with van der Waals surface area (Å²) in [6.07, 6.45) is 0.0861. The van der Waals surface area contributed by atoms with Gasteiger partial charge in [-0.15, -0.1) is 0 Å². The minimum absolute atomic E-state index is 0.00424. The average Bonchev–Trinajstić information content (AvgIpc) is 2.30. The van der Waals surface area contributed by atoms with Gasteiger partial charge in [-0.25, -0.2) is 12.8 Å². The summed E-state index contributed by atoms with van der Waals surface area (Å²) in [6, 6.07) is 3.05. The molecule has 0 aromatic heterocycles. The minimum atomic E-state index is -3.97. The van der Waals surface area contributed by atoms with E-state index in [1.54, 1.807) is 6.92 Å². The van der Waals surface area contributed by atoms with Crippen LogP contribution in [0.15, 0.2) is 23.1 Å². The Hall–Kier alpha value is -1.34. The highest BCUT2D eigenvalue weighted by atomic mass is 35.7. The van der Waals surface area contributed by atoms with Crippen molar-refractivity contribution in [3.8, 4) is 5.75 Å². The molecule has 0 heterocycles. The molecule has 8 heteroatoms. The summed E-state index contributed by atoms with van der Waals surface area (Å²) in [7, 11) is 1.10. The van der Waals surface area contributed by atoms with Crippen LogP contribution in [0.4, 0.5) is 4.39 Å². The second-order valence-corrected chi connectivity index (χ2v) is 6.15. The largest absolute Gasteiger partial charge is 0.490 e. The van der Waals surface area contributed by atoms with Gasteiger partial charge in [0.15, 0.2) is 11.6 Å². The lowest BCUT2D eigenvalue weighted by Crippen LogP contribution is -2.24. The number of hydrogen-bond acceptors (Lipinski definition) is 4. The molecule has 0 spiro atoms. The maximum Gasteiger partial charge on any atom is 0.261 e. The molecular weight excluding hydrogens is 297 g/mol. The maximum absolute atomic E-state index is 13.5. The number of amides is 1. The van der Waals surface area contributed by atoms with Crippen LogP contribution in [-0.4, -0.2) is 27.5 Å². The lowest BCUT2D eigenvalue weighted by atomic mass is 10.3. The van der Waals surface area contributed by atoms with Crippen LogP contribution in [0.3, 0.4) is 0 Å². The van der Waals surface area contributed by atoms with E-state index in [-0.39, 0.29) is 29.6 Å². The molecule has 0 fully saturated rings. The summed E-state index contributed by atoms with van der Waals surface area (Å²) in [5, 5.41) is 2.57. The van der Waals surface area contributed by atoms with Crippen molar-refractivity contribution in [2.45, 2.75) is 18.2 Å². The van der Waals surface area contributed by atoms with E-state index in [2.05, 4.69) is 5.32 Å². The van der Waals surface area contributed by atoms with Gasteiger partial charge in [-0.1, -0.05) is 0 Å². The topological polar surface area (TPSA) is 72.5 Å². The first-order valence-corrected chi connectivity index (χ1v) is 7.79. The molecule has 1 aromatic carbocycles. The van der Waals surface area contributed by atoms with Crippen molar-refractivity contribution < 1.29 is 22.3 Å². The Kier molecular flexibility index (Phi) is 5.56. The first kappa shape index (κ1) is 15.7. The van der Waals surface area contributed by atoms with Crippen molar-refractivity contribution in [2.75, 3.05) is 13.2 Å². The Morgan fingerprint density at radius 1 is 1.47 bits per heavy atom. The minimum Gasteiger partial charge on any atom is -0.490 e. The number of hydrogen-bond donors (Lipinski definition) is 1. The molecule has 1 rings (SSSR count). The Labute approximate surface area is 115 Å². The molecule has 1 N–H and O–H groups in total. The van der Waals surface area contributed by atoms with E-state index in [9.17, 15) is 17.6 Å². The third kappa shape index (κ3) is 5.04. The van der Waals surface area contributed by atoms with E-state index in [1.807, 2.05) is 0 Å². The number of rotatable bonds is 6. The molecule has 19 heavy (non-hydrogen) atoms. The SMILES string of the molecule is CCNC(=O)CCOc1ccc(S(=O)(=O)Cl)cc1F. The van der Waals surface area contributed by atoms with Crippen LogP contribution in [0.2, 0.25) is 0 Å². The molecule has 0 bridgehead atoms. The van der Waals surface area contributed by atoms with E-state index >= 15 is 0 Å². The predicted octanol–water partition coefficient (Wildman–Crippen LogP) is 1.66. The number of carbonyl (C=O) groups is 1. The van der Waals surface area contributed by atoms with Crippen molar-refractivity contribution in [1.29, 1.82) is 0 Å². The monoisotopic (exact) mass is 309 g/mol. The van der Waals surface area contributed by atoms with Crippen LogP contribution in [0.1, 0.15) is 13.3 Å². The molecule has 0 aliphatic rings. The van der Waals surface area contributed by atoms with Crippen LogP contribution >= 0.6 is 10.7 Å². The Morgan fingerprint density at radius 3 is 2.68 bits per heavy atom. The lowest BCUT2D eigenvalue weighted by Gasteiger charge is -2.07. The molecule has 0 aliphatic heterocycles. The van der Waals surface area contributed by atoms with Gasteiger partial charge in [0.1, 0.15) is 0 Å². The highest BCUT2D eigenvalue weighted by Crippen LogP contribution is 2.23. The van der Waals surface area contributed by atoms with Gasteiger partial charge >= 0.3 is 0 Å². The molecule has 0 saturated heterocycles. The maximum atomic E-state index is 13.5. The Morgan fingerprint density at radius 2 is 2.16 bits per heavy atom. The van der Waals surface area contributed by atoms with Crippen molar-refractivity contribution in [1.82, 2.24) is 5.32 Å². The highest BCUT2D eigenvalue weighted by molar-refractivity contribution is 8.13. The standard InChI is InChI=1S/C11H13ClFNO4S/c1-2-14-11(15)5-6-18-10-4-3-8(7-9(10)13)19(12,16)17/h3-4,7H,2,5-6H2,1H3,(H,14,15). The van der Waals surface area contributed by atoms with Crippen molar-refractivity contribution >= 4 is 25.6 Å². The zero-order valence-corrected chi connectivity index (χ0v) is 11.7. The first-order valence-electron chi connectivity index (χ1n) is 5.48. The van der Waals surface area contributed by atoms with E-state index in [0.29, 0.717) is 6.54 Å².